The summed E-state index contributed by atoms with van der Waals surface area (Å²) < 4.78 is 31.4. The zero-order valence-electron chi connectivity index (χ0n) is 20.5. The summed E-state index contributed by atoms with van der Waals surface area (Å²) >= 11 is 0. The molecule has 0 aliphatic heterocycles. The van der Waals surface area contributed by atoms with Crippen molar-refractivity contribution in [3.63, 3.8) is 0 Å². The van der Waals surface area contributed by atoms with Crippen molar-refractivity contribution >= 4 is 12.1 Å². The molecule has 1 unspecified atom stereocenters. The predicted molar refractivity (Wildman–Crippen MR) is 124 cm³/mol. The molecule has 0 aliphatic rings. The van der Waals surface area contributed by atoms with E-state index in [1.54, 1.807) is 78.2 Å². The fourth-order valence-electron chi connectivity index (χ4n) is 2.74. The standard InChI is InChI=1S/C24H34FN3O6/c1-23(2,3)33-21(30)20(29)15-32-19-9-7-16(8-10-19)17-11-27-28(13-17)14-18(25)12-26-22(31)34-24(4,5)6/h7-11,13,18,20,29H,12,14-15H2,1-6H3,(H,26,31)/t18?,20-/m1/s1. The lowest BCUT2D eigenvalue weighted by molar-refractivity contribution is -0.166. The highest BCUT2D eigenvalue weighted by Gasteiger charge is 2.24. The van der Waals surface area contributed by atoms with Gasteiger partial charge in [0, 0.05) is 11.8 Å². The molecular weight excluding hydrogens is 445 g/mol. The molecule has 2 N–H and O–H groups in total. The highest BCUT2D eigenvalue weighted by molar-refractivity contribution is 5.75. The van der Waals surface area contributed by atoms with Gasteiger partial charge in [-0.15, -0.1) is 0 Å². The molecule has 0 saturated carbocycles. The molecule has 34 heavy (non-hydrogen) atoms. The molecule has 2 aromatic rings. The number of nitrogens with zero attached hydrogens (tertiary/aromatic N) is 2. The largest absolute Gasteiger partial charge is 0.490 e. The number of ether oxygens (including phenoxy) is 3. The van der Waals surface area contributed by atoms with Crippen molar-refractivity contribution in [2.24, 2.45) is 0 Å². The number of nitrogens with one attached hydrogen (secondary N) is 1. The number of alkyl carbamates (subject to hydrolysis) is 1. The number of hydrogen-bond acceptors (Lipinski definition) is 7. The molecule has 0 fully saturated rings. The monoisotopic (exact) mass is 479 g/mol. The normalized spacial score (nSPS) is 13.6. The number of carbonyl (C=O) groups is 2. The van der Waals surface area contributed by atoms with Gasteiger partial charge in [0.05, 0.1) is 19.3 Å². The summed E-state index contributed by atoms with van der Waals surface area (Å²) in [6, 6.07) is 6.95. The third-order valence-electron chi connectivity index (χ3n) is 4.16. The number of hydrogen-bond donors (Lipinski definition) is 2. The van der Waals surface area contributed by atoms with Crippen LogP contribution in [0.2, 0.25) is 0 Å². The van der Waals surface area contributed by atoms with Gasteiger partial charge in [0.2, 0.25) is 0 Å². The Labute approximate surface area is 199 Å². The van der Waals surface area contributed by atoms with Crippen LogP contribution in [0.25, 0.3) is 11.1 Å². The minimum Gasteiger partial charge on any atom is -0.490 e. The Morgan fingerprint density at radius 1 is 1.06 bits per heavy atom. The quantitative estimate of drug-likeness (QED) is 0.530. The van der Waals surface area contributed by atoms with Gasteiger partial charge in [-0.05, 0) is 59.2 Å². The van der Waals surface area contributed by atoms with Crippen LogP contribution in [0.4, 0.5) is 9.18 Å². The van der Waals surface area contributed by atoms with Crippen LogP contribution >= 0.6 is 0 Å². The number of aromatic nitrogens is 2. The summed E-state index contributed by atoms with van der Waals surface area (Å²) in [7, 11) is 0. The number of aliphatic hydroxyl groups excluding tert-OH is 1. The Bertz CT molecular complexity index is 947. The lowest BCUT2D eigenvalue weighted by Gasteiger charge is -2.21. The molecule has 1 heterocycles. The van der Waals surface area contributed by atoms with E-state index in [1.165, 1.54) is 4.68 Å². The van der Waals surface area contributed by atoms with E-state index in [0.717, 1.165) is 11.1 Å². The zero-order chi connectivity index (χ0) is 25.5. The van der Waals surface area contributed by atoms with Crippen molar-refractivity contribution in [2.45, 2.75) is 71.6 Å². The molecule has 1 aromatic carbocycles. The van der Waals surface area contributed by atoms with Crippen molar-refractivity contribution < 1.29 is 33.3 Å². The first-order valence-corrected chi connectivity index (χ1v) is 11.0. The minimum atomic E-state index is -1.39. The second-order valence-electron chi connectivity index (χ2n) is 9.82. The van der Waals surface area contributed by atoms with Crippen LogP contribution in [-0.4, -0.2) is 63.6 Å². The Kier molecular flexibility index (Phi) is 9.03. The number of esters is 1. The van der Waals surface area contributed by atoms with Crippen LogP contribution in [-0.2, 0) is 20.8 Å². The first-order valence-electron chi connectivity index (χ1n) is 11.0. The molecule has 1 amide bonds. The molecule has 9 nitrogen and oxygen atoms in total. The van der Waals surface area contributed by atoms with Crippen molar-refractivity contribution in [3.8, 4) is 16.9 Å². The lowest BCUT2D eigenvalue weighted by Crippen LogP contribution is -2.36. The van der Waals surface area contributed by atoms with E-state index in [4.69, 9.17) is 14.2 Å². The average Bonchev–Trinajstić information content (AvgIpc) is 3.16. The molecule has 1 aromatic heterocycles. The molecule has 188 valence electrons. The number of carbonyl (C=O) groups excluding carboxylic acids is 2. The van der Waals surface area contributed by atoms with Crippen molar-refractivity contribution in [1.29, 1.82) is 0 Å². The molecule has 0 radical (unpaired) electrons. The third-order valence-corrected chi connectivity index (χ3v) is 4.16. The van der Waals surface area contributed by atoms with Gasteiger partial charge in [0.25, 0.3) is 0 Å². The maximum absolute atomic E-state index is 14.2. The van der Waals surface area contributed by atoms with Gasteiger partial charge in [-0.2, -0.15) is 5.10 Å². The summed E-state index contributed by atoms with van der Waals surface area (Å²) in [4.78, 5) is 23.4. The average molecular weight is 480 g/mol. The number of alkyl halides is 1. The molecule has 0 saturated heterocycles. The van der Waals surface area contributed by atoms with Gasteiger partial charge in [-0.25, -0.2) is 14.0 Å². The van der Waals surface area contributed by atoms with Crippen molar-refractivity contribution in [1.82, 2.24) is 15.1 Å². The first-order chi connectivity index (χ1) is 15.7. The second kappa shape index (κ2) is 11.3. The second-order valence-corrected chi connectivity index (χ2v) is 9.82. The van der Waals surface area contributed by atoms with Gasteiger partial charge < -0.3 is 24.6 Å². The van der Waals surface area contributed by atoms with Gasteiger partial charge in [-0.3, -0.25) is 4.68 Å². The van der Waals surface area contributed by atoms with Gasteiger partial charge in [0.15, 0.2) is 6.10 Å². The fourth-order valence-corrected chi connectivity index (χ4v) is 2.74. The lowest BCUT2D eigenvalue weighted by atomic mass is 10.1. The van der Waals surface area contributed by atoms with E-state index in [1.807, 2.05) is 0 Å². The minimum absolute atomic E-state index is 0.0282. The van der Waals surface area contributed by atoms with E-state index in [-0.39, 0.29) is 19.7 Å². The van der Waals surface area contributed by atoms with Crippen LogP contribution in [0.3, 0.4) is 0 Å². The zero-order valence-corrected chi connectivity index (χ0v) is 20.5. The summed E-state index contributed by atoms with van der Waals surface area (Å²) in [6.45, 7) is 9.90. The molecule has 2 rings (SSSR count). The molecular formula is C24H34FN3O6. The van der Waals surface area contributed by atoms with Gasteiger partial charge in [0.1, 0.15) is 29.7 Å². The van der Waals surface area contributed by atoms with Crippen LogP contribution < -0.4 is 10.1 Å². The maximum atomic E-state index is 14.2. The van der Waals surface area contributed by atoms with Crippen LogP contribution in [0.1, 0.15) is 41.5 Å². The van der Waals surface area contributed by atoms with Gasteiger partial charge >= 0.3 is 12.1 Å². The first kappa shape index (κ1) is 27.1. The predicted octanol–water partition coefficient (Wildman–Crippen LogP) is 3.49. The van der Waals surface area contributed by atoms with Crippen LogP contribution in [0, 0.1) is 0 Å². The number of rotatable bonds is 9. The summed E-state index contributed by atoms with van der Waals surface area (Å²) in [5, 5.41) is 16.5. The number of halogens is 1. The summed E-state index contributed by atoms with van der Waals surface area (Å²) in [5.41, 5.74) is 0.257. The molecule has 0 aliphatic carbocycles. The van der Waals surface area contributed by atoms with E-state index in [0.29, 0.717) is 5.75 Å². The topological polar surface area (TPSA) is 112 Å². The van der Waals surface area contributed by atoms with E-state index < -0.39 is 35.5 Å². The fraction of sp³-hybridized carbons (Fsp3) is 0.542. The van der Waals surface area contributed by atoms with Crippen molar-refractivity contribution in [3.05, 3.63) is 36.7 Å². The highest BCUT2D eigenvalue weighted by Crippen LogP contribution is 2.22. The van der Waals surface area contributed by atoms with Crippen LogP contribution in [0.5, 0.6) is 5.75 Å². The number of amides is 1. The van der Waals surface area contributed by atoms with Gasteiger partial charge in [-0.1, -0.05) is 12.1 Å². The van der Waals surface area contributed by atoms with E-state index in [2.05, 4.69) is 10.4 Å². The Balaban J connectivity index is 1.84. The summed E-state index contributed by atoms with van der Waals surface area (Å²) in [6.07, 6.45) is -0.0987. The van der Waals surface area contributed by atoms with E-state index in [9.17, 15) is 19.1 Å². The summed E-state index contributed by atoms with van der Waals surface area (Å²) in [5.74, 6) is -0.278. The smallest absolute Gasteiger partial charge is 0.407 e. The Hall–Kier alpha value is -3.14. The highest BCUT2D eigenvalue weighted by atomic mass is 19.1. The SMILES string of the molecule is CC(C)(C)OC(=O)NCC(F)Cn1cc(-c2ccc(OC[C@@H](O)C(=O)OC(C)(C)C)cc2)cn1. The van der Waals surface area contributed by atoms with Crippen molar-refractivity contribution in [2.75, 3.05) is 13.2 Å². The Morgan fingerprint density at radius 2 is 1.68 bits per heavy atom. The third kappa shape index (κ3) is 9.78. The Morgan fingerprint density at radius 3 is 2.26 bits per heavy atom. The molecule has 2 atom stereocenters. The van der Waals surface area contributed by atoms with Crippen LogP contribution in [0.15, 0.2) is 36.7 Å². The molecule has 0 bridgehead atoms. The molecule has 10 heteroatoms. The number of benzene rings is 1. The van der Waals surface area contributed by atoms with E-state index >= 15 is 0 Å². The maximum Gasteiger partial charge on any atom is 0.407 e. The molecule has 0 spiro atoms. The number of aliphatic hydroxyl groups is 1.